The molecule has 0 atom stereocenters. The van der Waals surface area contributed by atoms with Crippen molar-refractivity contribution < 1.29 is 9.59 Å². The summed E-state index contributed by atoms with van der Waals surface area (Å²) in [6, 6.07) is 6.65. The number of carbonyl (C=O) groups is 2. The Morgan fingerprint density at radius 1 is 1.05 bits per heavy atom. The van der Waals surface area contributed by atoms with Crippen molar-refractivity contribution in [2.75, 3.05) is 11.9 Å². The number of rotatable bonds is 3. The molecular weight excluding hydrogens is 276 g/mol. The van der Waals surface area contributed by atoms with E-state index in [2.05, 4.69) is 10.6 Å². The van der Waals surface area contributed by atoms with Crippen molar-refractivity contribution >= 4 is 29.1 Å². The molecule has 0 aromatic heterocycles. The second kappa shape index (κ2) is 7.29. The maximum Gasteiger partial charge on any atom is 0.313 e. The van der Waals surface area contributed by atoms with E-state index in [1.54, 1.807) is 24.3 Å². The second-order valence-electron chi connectivity index (χ2n) is 5.18. The van der Waals surface area contributed by atoms with Crippen molar-refractivity contribution in [2.24, 2.45) is 5.92 Å². The first kappa shape index (κ1) is 14.9. The molecule has 20 heavy (non-hydrogen) atoms. The van der Waals surface area contributed by atoms with Crippen molar-refractivity contribution in [1.29, 1.82) is 0 Å². The van der Waals surface area contributed by atoms with Gasteiger partial charge in [-0.25, -0.2) is 0 Å². The SMILES string of the molecule is O=C(NCC1CCCCC1)C(=O)Nc1ccc(Cl)cc1. The van der Waals surface area contributed by atoms with Gasteiger partial charge in [0.1, 0.15) is 0 Å². The van der Waals surface area contributed by atoms with Gasteiger partial charge in [0.15, 0.2) is 0 Å². The monoisotopic (exact) mass is 294 g/mol. The van der Waals surface area contributed by atoms with Gasteiger partial charge in [0, 0.05) is 17.3 Å². The summed E-state index contributed by atoms with van der Waals surface area (Å²) in [7, 11) is 0. The van der Waals surface area contributed by atoms with Crippen molar-refractivity contribution in [2.45, 2.75) is 32.1 Å². The van der Waals surface area contributed by atoms with Crippen LogP contribution in [0.25, 0.3) is 0 Å². The molecule has 1 aromatic carbocycles. The molecule has 1 fully saturated rings. The van der Waals surface area contributed by atoms with Crippen LogP contribution in [0.1, 0.15) is 32.1 Å². The van der Waals surface area contributed by atoms with E-state index in [0.29, 0.717) is 23.2 Å². The van der Waals surface area contributed by atoms with Gasteiger partial charge in [-0.1, -0.05) is 30.9 Å². The summed E-state index contributed by atoms with van der Waals surface area (Å²) in [6.45, 7) is 0.590. The molecule has 0 bridgehead atoms. The Hall–Kier alpha value is -1.55. The lowest BCUT2D eigenvalue weighted by molar-refractivity contribution is -0.136. The zero-order valence-corrected chi connectivity index (χ0v) is 12.1. The molecule has 0 spiro atoms. The Morgan fingerprint density at radius 3 is 2.35 bits per heavy atom. The van der Waals surface area contributed by atoms with Crippen molar-refractivity contribution in [3.05, 3.63) is 29.3 Å². The van der Waals surface area contributed by atoms with E-state index in [1.807, 2.05) is 0 Å². The van der Waals surface area contributed by atoms with Gasteiger partial charge in [-0.3, -0.25) is 9.59 Å². The Balaban J connectivity index is 1.76. The van der Waals surface area contributed by atoms with Gasteiger partial charge in [0.25, 0.3) is 0 Å². The molecule has 5 heteroatoms. The van der Waals surface area contributed by atoms with Crippen LogP contribution in [0.15, 0.2) is 24.3 Å². The Kier molecular flexibility index (Phi) is 5.41. The van der Waals surface area contributed by atoms with E-state index in [0.717, 1.165) is 12.8 Å². The van der Waals surface area contributed by atoms with Crippen LogP contribution in [0.4, 0.5) is 5.69 Å². The zero-order valence-electron chi connectivity index (χ0n) is 11.3. The zero-order chi connectivity index (χ0) is 14.4. The first-order valence-corrected chi connectivity index (χ1v) is 7.37. The molecule has 0 saturated heterocycles. The van der Waals surface area contributed by atoms with Crippen LogP contribution in [0, 0.1) is 5.92 Å². The second-order valence-corrected chi connectivity index (χ2v) is 5.61. The number of anilines is 1. The van der Waals surface area contributed by atoms with E-state index in [1.165, 1.54) is 19.3 Å². The van der Waals surface area contributed by atoms with Crippen LogP contribution in [0.3, 0.4) is 0 Å². The minimum atomic E-state index is -0.636. The van der Waals surface area contributed by atoms with Crippen LogP contribution >= 0.6 is 11.6 Å². The van der Waals surface area contributed by atoms with Crippen LogP contribution in [0.5, 0.6) is 0 Å². The number of hydrogen-bond acceptors (Lipinski definition) is 2. The van der Waals surface area contributed by atoms with E-state index in [4.69, 9.17) is 11.6 Å². The lowest BCUT2D eigenvalue weighted by Gasteiger charge is -2.21. The quantitative estimate of drug-likeness (QED) is 0.842. The van der Waals surface area contributed by atoms with E-state index in [-0.39, 0.29) is 0 Å². The van der Waals surface area contributed by atoms with Gasteiger partial charge >= 0.3 is 11.8 Å². The van der Waals surface area contributed by atoms with Crippen LogP contribution < -0.4 is 10.6 Å². The Labute approximate surface area is 123 Å². The first-order valence-electron chi connectivity index (χ1n) is 7.00. The van der Waals surface area contributed by atoms with Gasteiger partial charge in [0.05, 0.1) is 0 Å². The number of hydrogen-bond donors (Lipinski definition) is 2. The van der Waals surface area contributed by atoms with Crippen molar-refractivity contribution in [1.82, 2.24) is 5.32 Å². The maximum absolute atomic E-state index is 11.7. The molecule has 0 heterocycles. The van der Waals surface area contributed by atoms with E-state index in [9.17, 15) is 9.59 Å². The summed E-state index contributed by atoms with van der Waals surface area (Å²) in [5.41, 5.74) is 0.562. The third kappa shape index (κ3) is 4.53. The smallest absolute Gasteiger partial charge is 0.313 e. The fourth-order valence-electron chi connectivity index (χ4n) is 2.43. The van der Waals surface area contributed by atoms with E-state index < -0.39 is 11.8 Å². The summed E-state index contributed by atoms with van der Waals surface area (Å²) >= 11 is 5.75. The van der Waals surface area contributed by atoms with Gasteiger partial charge in [-0.05, 0) is 43.0 Å². The van der Waals surface area contributed by atoms with Crippen molar-refractivity contribution in [3.63, 3.8) is 0 Å². The summed E-state index contributed by atoms with van der Waals surface area (Å²) in [5.74, 6) is -0.704. The third-order valence-corrected chi connectivity index (χ3v) is 3.84. The topological polar surface area (TPSA) is 58.2 Å². The van der Waals surface area contributed by atoms with Gasteiger partial charge in [0.2, 0.25) is 0 Å². The molecule has 0 unspecified atom stereocenters. The molecule has 1 aromatic rings. The minimum Gasteiger partial charge on any atom is -0.348 e. The van der Waals surface area contributed by atoms with Crippen LogP contribution in [0.2, 0.25) is 5.02 Å². The number of halogens is 1. The summed E-state index contributed by atoms with van der Waals surface area (Å²) in [5, 5.41) is 5.84. The maximum atomic E-state index is 11.7. The first-order chi connectivity index (χ1) is 9.65. The standard InChI is InChI=1S/C15H19ClN2O2/c16-12-6-8-13(9-7-12)18-15(20)14(19)17-10-11-4-2-1-3-5-11/h6-9,11H,1-5,10H2,(H,17,19)(H,18,20). The predicted molar refractivity (Wildman–Crippen MR) is 79.7 cm³/mol. The number of amides is 2. The predicted octanol–water partition coefficient (Wildman–Crippen LogP) is 2.98. The fraction of sp³-hybridized carbons (Fsp3) is 0.467. The number of carbonyl (C=O) groups excluding carboxylic acids is 2. The Bertz CT molecular complexity index is 467. The highest BCUT2D eigenvalue weighted by Gasteiger charge is 2.17. The molecule has 1 aliphatic rings. The molecule has 1 aliphatic carbocycles. The number of nitrogens with one attached hydrogen (secondary N) is 2. The lowest BCUT2D eigenvalue weighted by atomic mass is 9.89. The molecular formula is C15H19ClN2O2. The molecule has 108 valence electrons. The summed E-state index contributed by atoms with van der Waals surface area (Å²) < 4.78 is 0. The highest BCUT2D eigenvalue weighted by Crippen LogP contribution is 2.22. The normalized spacial score (nSPS) is 15.7. The summed E-state index contributed by atoms with van der Waals surface area (Å²) in [4.78, 5) is 23.4. The molecule has 0 aliphatic heterocycles. The lowest BCUT2D eigenvalue weighted by Crippen LogP contribution is -2.38. The van der Waals surface area contributed by atoms with Gasteiger partial charge in [-0.15, -0.1) is 0 Å². The fourth-order valence-corrected chi connectivity index (χ4v) is 2.56. The average molecular weight is 295 g/mol. The van der Waals surface area contributed by atoms with Gasteiger partial charge < -0.3 is 10.6 Å². The molecule has 2 rings (SSSR count). The van der Waals surface area contributed by atoms with E-state index >= 15 is 0 Å². The Morgan fingerprint density at radius 2 is 1.70 bits per heavy atom. The molecule has 4 nitrogen and oxygen atoms in total. The highest BCUT2D eigenvalue weighted by atomic mass is 35.5. The summed E-state index contributed by atoms with van der Waals surface area (Å²) in [6.07, 6.45) is 5.99. The highest BCUT2D eigenvalue weighted by molar-refractivity contribution is 6.39. The van der Waals surface area contributed by atoms with Crippen LogP contribution in [-0.2, 0) is 9.59 Å². The molecule has 2 amide bonds. The van der Waals surface area contributed by atoms with Crippen LogP contribution in [-0.4, -0.2) is 18.4 Å². The molecule has 2 N–H and O–H groups in total. The molecule has 0 radical (unpaired) electrons. The van der Waals surface area contributed by atoms with Crippen molar-refractivity contribution in [3.8, 4) is 0 Å². The minimum absolute atomic E-state index is 0.510. The molecule has 1 saturated carbocycles. The number of benzene rings is 1. The van der Waals surface area contributed by atoms with Gasteiger partial charge in [-0.2, -0.15) is 0 Å². The average Bonchev–Trinajstić information content (AvgIpc) is 2.48. The third-order valence-electron chi connectivity index (χ3n) is 3.58. The largest absolute Gasteiger partial charge is 0.348 e.